The van der Waals surface area contributed by atoms with Crippen LogP contribution in [0.2, 0.25) is 0 Å². The van der Waals surface area contributed by atoms with E-state index in [0.29, 0.717) is 23.6 Å². The quantitative estimate of drug-likeness (QED) is 0.870. The van der Waals surface area contributed by atoms with E-state index in [1.165, 1.54) is 11.3 Å². The van der Waals surface area contributed by atoms with E-state index in [0.717, 1.165) is 12.8 Å². The highest BCUT2D eigenvalue weighted by molar-refractivity contribution is 7.91. The number of hydrogen-bond donors (Lipinski definition) is 2. The van der Waals surface area contributed by atoms with E-state index in [4.69, 9.17) is 5.11 Å². The van der Waals surface area contributed by atoms with E-state index in [2.05, 4.69) is 4.72 Å². The van der Waals surface area contributed by atoms with Gasteiger partial charge in [-0.3, -0.25) is 4.79 Å². The van der Waals surface area contributed by atoms with Gasteiger partial charge < -0.3 is 5.11 Å². The molecule has 1 aliphatic carbocycles. The minimum atomic E-state index is -3.39. The number of carbonyl (C=O) groups is 1. The number of hydrogen-bond acceptors (Lipinski definition) is 4. The zero-order chi connectivity index (χ0) is 13.9. The predicted molar refractivity (Wildman–Crippen MR) is 72.6 cm³/mol. The average Bonchev–Trinajstić information content (AvgIpc) is 2.91. The number of carboxylic acids is 1. The molecule has 7 heteroatoms. The fourth-order valence-corrected chi connectivity index (χ4v) is 4.48. The van der Waals surface area contributed by atoms with Crippen molar-refractivity contribution in [2.24, 2.45) is 11.8 Å². The van der Waals surface area contributed by atoms with E-state index < -0.39 is 16.0 Å². The smallest absolute Gasteiger partial charge is 0.306 e. The van der Waals surface area contributed by atoms with Crippen molar-refractivity contribution in [2.45, 2.75) is 29.9 Å². The molecule has 1 aromatic rings. The Morgan fingerprint density at radius 3 is 2.58 bits per heavy atom. The Balaban J connectivity index is 1.83. The van der Waals surface area contributed by atoms with Gasteiger partial charge in [0.1, 0.15) is 4.21 Å². The minimum absolute atomic E-state index is 0.241. The maximum absolute atomic E-state index is 11.9. The lowest BCUT2D eigenvalue weighted by molar-refractivity contribution is -0.143. The molecule has 1 fully saturated rings. The van der Waals surface area contributed by atoms with Gasteiger partial charge in [-0.1, -0.05) is 6.07 Å². The molecular formula is C12H17NO4S2. The Morgan fingerprint density at radius 2 is 2.05 bits per heavy atom. The Hall–Kier alpha value is -0.920. The molecule has 0 spiro atoms. The van der Waals surface area contributed by atoms with Gasteiger partial charge in [-0.15, -0.1) is 11.3 Å². The van der Waals surface area contributed by atoms with Crippen LogP contribution in [0.1, 0.15) is 25.7 Å². The maximum Gasteiger partial charge on any atom is 0.306 e. The van der Waals surface area contributed by atoms with Gasteiger partial charge in [0.15, 0.2) is 0 Å². The van der Waals surface area contributed by atoms with E-state index in [-0.39, 0.29) is 11.8 Å². The van der Waals surface area contributed by atoms with Gasteiger partial charge in [0.25, 0.3) is 0 Å². The molecule has 0 bridgehead atoms. The first-order chi connectivity index (χ1) is 8.99. The highest BCUT2D eigenvalue weighted by Gasteiger charge is 2.27. The number of sulfonamides is 1. The summed E-state index contributed by atoms with van der Waals surface area (Å²) >= 11 is 1.19. The lowest BCUT2D eigenvalue weighted by Crippen LogP contribution is -2.32. The van der Waals surface area contributed by atoms with Gasteiger partial charge in [-0.05, 0) is 43.0 Å². The average molecular weight is 303 g/mol. The molecule has 5 nitrogen and oxygen atoms in total. The van der Waals surface area contributed by atoms with E-state index in [1.54, 1.807) is 17.5 Å². The summed E-state index contributed by atoms with van der Waals surface area (Å²) in [6.07, 6.45) is 2.81. The van der Waals surface area contributed by atoms with Gasteiger partial charge in [-0.2, -0.15) is 0 Å². The first-order valence-electron chi connectivity index (χ1n) is 6.25. The molecule has 1 saturated carbocycles. The number of rotatable bonds is 5. The van der Waals surface area contributed by atoms with Crippen molar-refractivity contribution >= 4 is 27.3 Å². The van der Waals surface area contributed by atoms with Crippen molar-refractivity contribution in [2.75, 3.05) is 6.54 Å². The van der Waals surface area contributed by atoms with Gasteiger partial charge in [0.2, 0.25) is 10.0 Å². The molecule has 0 radical (unpaired) electrons. The second kappa shape index (κ2) is 6.02. The summed E-state index contributed by atoms with van der Waals surface area (Å²) in [6, 6.07) is 3.28. The summed E-state index contributed by atoms with van der Waals surface area (Å²) in [7, 11) is -3.39. The minimum Gasteiger partial charge on any atom is -0.481 e. The SMILES string of the molecule is O=C(O)C1CCC(CNS(=O)(=O)c2cccs2)CC1. The van der Waals surface area contributed by atoms with Crippen LogP contribution in [-0.2, 0) is 14.8 Å². The third-order valence-electron chi connectivity index (χ3n) is 3.52. The van der Waals surface area contributed by atoms with Crippen molar-refractivity contribution in [3.05, 3.63) is 17.5 Å². The topological polar surface area (TPSA) is 83.5 Å². The van der Waals surface area contributed by atoms with Gasteiger partial charge in [0.05, 0.1) is 5.92 Å². The summed E-state index contributed by atoms with van der Waals surface area (Å²) < 4.78 is 26.8. The lowest BCUT2D eigenvalue weighted by atomic mass is 9.82. The highest BCUT2D eigenvalue weighted by atomic mass is 32.2. The van der Waals surface area contributed by atoms with Gasteiger partial charge in [-0.25, -0.2) is 13.1 Å². The molecule has 2 N–H and O–H groups in total. The fraction of sp³-hybridized carbons (Fsp3) is 0.583. The van der Waals surface area contributed by atoms with Crippen LogP contribution in [0.5, 0.6) is 0 Å². The van der Waals surface area contributed by atoms with Crippen molar-refractivity contribution in [1.82, 2.24) is 4.72 Å². The van der Waals surface area contributed by atoms with Crippen LogP contribution in [0.25, 0.3) is 0 Å². The van der Waals surface area contributed by atoms with Crippen molar-refractivity contribution in [3.8, 4) is 0 Å². The maximum atomic E-state index is 11.9. The molecule has 1 heterocycles. The molecule has 19 heavy (non-hydrogen) atoms. The normalized spacial score (nSPS) is 24.2. The third-order valence-corrected chi connectivity index (χ3v) is 6.34. The number of aliphatic carboxylic acids is 1. The predicted octanol–water partition coefficient (Wildman–Crippen LogP) is 1.92. The second-order valence-electron chi connectivity index (χ2n) is 4.84. The molecule has 0 aromatic carbocycles. The highest BCUT2D eigenvalue weighted by Crippen LogP contribution is 2.28. The van der Waals surface area contributed by atoms with E-state index >= 15 is 0 Å². The van der Waals surface area contributed by atoms with Crippen LogP contribution in [-0.4, -0.2) is 26.0 Å². The Kier molecular flexibility index (Phi) is 4.59. The second-order valence-corrected chi connectivity index (χ2v) is 7.78. The number of carboxylic acid groups (broad SMARTS) is 1. The van der Waals surface area contributed by atoms with Crippen molar-refractivity contribution in [1.29, 1.82) is 0 Å². The molecule has 2 rings (SSSR count). The largest absolute Gasteiger partial charge is 0.481 e. The van der Waals surface area contributed by atoms with Gasteiger partial charge >= 0.3 is 5.97 Å². The summed E-state index contributed by atoms with van der Waals surface area (Å²) in [6.45, 7) is 0.395. The number of thiophene rings is 1. The summed E-state index contributed by atoms with van der Waals surface area (Å²) in [4.78, 5) is 10.8. The van der Waals surface area contributed by atoms with Crippen LogP contribution in [0.15, 0.2) is 21.7 Å². The standard InChI is InChI=1S/C12H17NO4S2/c14-12(15)10-5-3-9(4-6-10)8-13-19(16,17)11-2-1-7-18-11/h1-2,7,9-10,13H,3-6,8H2,(H,14,15). The van der Waals surface area contributed by atoms with E-state index in [1.807, 2.05) is 0 Å². The molecular weight excluding hydrogens is 286 g/mol. The lowest BCUT2D eigenvalue weighted by Gasteiger charge is -2.25. The summed E-state index contributed by atoms with van der Waals surface area (Å²) in [5, 5.41) is 10.6. The molecule has 0 unspecified atom stereocenters. The van der Waals surface area contributed by atoms with Crippen LogP contribution >= 0.6 is 11.3 Å². The Morgan fingerprint density at radius 1 is 1.37 bits per heavy atom. The molecule has 0 saturated heterocycles. The molecule has 106 valence electrons. The van der Waals surface area contributed by atoms with Crippen LogP contribution in [0.4, 0.5) is 0 Å². The van der Waals surface area contributed by atoms with Crippen molar-refractivity contribution in [3.63, 3.8) is 0 Å². The van der Waals surface area contributed by atoms with E-state index in [9.17, 15) is 13.2 Å². The zero-order valence-electron chi connectivity index (χ0n) is 10.4. The molecule has 1 aliphatic rings. The Bertz CT molecular complexity index is 516. The molecule has 0 atom stereocenters. The molecule has 0 amide bonds. The van der Waals surface area contributed by atoms with Crippen LogP contribution < -0.4 is 4.72 Å². The van der Waals surface area contributed by atoms with Gasteiger partial charge in [0, 0.05) is 6.54 Å². The molecule has 1 aromatic heterocycles. The molecule has 0 aliphatic heterocycles. The first kappa shape index (κ1) is 14.5. The zero-order valence-corrected chi connectivity index (χ0v) is 12.0. The third kappa shape index (κ3) is 3.77. The van der Waals surface area contributed by atoms with Crippen molar-refractivity contribution < 1.29 is 18.3 Å². The monoisotopic (exact) mass is 303 g/mol. The Labute approximate surface area is 116 Å². The first-order valence-corrected chi connectivity index (χ1v) is 8.61. The summed E-state index contributed by atoms with van der Waals surface area (Å²) in [5.41, 5.74) is 0. The summed E-state index contributed by atoms with van der Waals surface area (Å²) in [5.74, 6) is -0.756. The van der Waals surface area contributed by atoms with Crippen LogP contribution in [0.3, 0.4) is 0 Å². The number of nitrogens with one attached hydrogen (secondary N) is 1. The van der Waals surface area contributed by atoms with Crippen LogP contribution in [0, 0.1) is 11.8 Å². The fourth-order valence-electron chi connectivity index (χ4n) is 2.33.